The molecule has 0 radical (unpaired) electrons. The summed E-state index contributed by atoms with van der Waals surface area (Å²) < 4.78 is 1.90. The number of hydrogen-bond acceptors (Lipinski definition) is 6. The minimum atomic E-state index is -0.768. The first-order chi connectivity index (χ1) is 19.6. The van der Waals surface area contributed by atoms with Gasteiger partial charge in [0.25, 0.3) is 5.91 Å². The Balaban J connectivity index is 0.00000323. The van der Waals surface area contributed by atoms with Crippen LogP contribution in [0.1, 0.15) is 80.2 Å². The van der Waals surface area contributed by atoms with Gasteiger partial charge in [-0.2, -0.15) is 5.10 Å². The van der Waals surface area contributed by atoms with Gasteiger partial charge >= 0.3 is 0 Å². The highest BCUT2D eigenvalue weighted by Crippen LogP contribution is 2.35. The van der Waals surface area contributed by atoms with Crippen molar-refractivity contribution in [2.75, 3.05) is 32.8 Å². The maximum absolute atomic E-state index is 13.6. The van der Waals surface area contributed by atoms with Crippen LogP contribution in [0.2, 0.25) is 0 Å². The van der Waals surface area contributed by atoms with Crippen molar-refractivity contribution < 1.29 is 19.5 Å². The molecule has 4 rings (SSSR count). The number of halogens is 2. The summed E-state index contributed by atoms with van der Waals surface area (Å²) in [5.74, 6) is 0.187. The molecule has 0 saturated carbocycles. The number of hydrogen-bond donors (Lipinski definition) is 3. The molecule has 2 aliphatic rings. The molecule has 1 spiro atoms. The fraction of sp³-hybridized carbons (Fsp3) is 0.613. The molecule has 43 heavy (non-hydrogen) atoms. The minimum absolute atomic E-state index is 0. The summed E-state index contributed by atoms with van der Waals surface area (Å²) in [7, 11) is 0. The van der Waals surface area contributed by atoms with E-state index in [0.717, 1.165) is 55.1 Å². The third-order valence-corrected chi connectivity index (χ3v) is 8.53. The molecule has 2 aliphatic heterocycles. The van der Waals surface area contributed by atoms with Gasteiger partial charge in [-0.1, -0.05) is 27.2 Å². The van der Waals surface area contributed by atoms with Crippen molar-refractivity contribution in [1.29, 1.82) is 0 Å². The molecule has 3 amide bonds. The number of likely N-dealkylation sites (tertiary alicyclic amines) is 1. The number of unbranched alkanes of at least 4 members (excludes halogenated alkanes) is 1. The van der Waals surface area contributed by atoms with Crippen molar-refractivity contribution in [2.24, 2.45) is 5.92 Å². The summed E-state index contributed by atoms with van der Waals surface area (Å²) in [6.07, 6.45) is 3.77. The van der Waals surface area contributed by atoms with Gasteiger partial charge in [-0.05, 0) is 69.7 Å². The summed E-state index contributed by atoms with van der Waals surface area (Å²) in [5, 5.41) is 19.5. The summed E-state index contributed by atoms with van der Waals surface area (Å²) >= 11 is 0. The number of aliphatic hydroxyl groups is 1. The van der Waals surface area contributed by atoms with Crippen LogP contribution < -0.4 is 10.6 Å². The molecule has 10 nitrogen and oxygen atoms in total. The number of piperidine rings is 1. The highest BCUT2D eigenvalue weighted by Gasteiger charge is 2.53. The highest BCUT2D eigenvalue weighted by molar-refractivity contribution is 6.00. The van der Waals surface area contributed by atoms with E-state index in [1.165, 1.54) is 0 Å². The predicted octanol–water partition coefficient (Wildman–Crippen LogP) is 3.56. The Morgan fingerprint density at radius 3 is 2.37 bits per heavy atom. The second-order valence-corrected chi connectivity index (χ2v) is 11.9. The molecular weight excluding hydrogens is 591 g/mol. The molecule has 0 aliphatic carbocycles. The second-order valence-electron chi connectivity index (χ2n) is 11.9. The number of carbonyl (C=O) groups is 3. The largest absolute Gasteiger partial charge is 0.395 e. The molecule has 2 saturated heterocycles. The van der Waals surface area contributed by atoms with E-state index >= 15 is 0 Å². The zero-order chi connectivity index (χ0) is 29.7. The normalized spacial score (nSPS) is 18.3. The number of rotatable bonds is 11. The van der Waals surface area contributed by atoms with Gasteiger partial charge in [-0.3, -0.25) is 19.3 Å². The molecule has 2 fully saturated rings. The van der Waals surface area contributed by atoms with E-state index in [2.05, 4.69) is 43.2 Å². The fourth-order valence-corrected chi connectivity index (χ4v) is 6.13. The van der Waals surface area contributed by atoms with Crippen LogP contribution in [-0.2, 0) is 16.1 Å². The molecule has 1 atom stereocenters. The van der Waals surface area contributed by atoms with Crippen LogP contribution in [0, 0.1) is 19.8 Å². The van der Waals surface area contributed by atoms with Crippen LogP contribution >= 0.6 is 24.8 Å². The average Bonchev–Trinajstić information content (AvgIpc) is 3.23. The van der Waals surface area contributed by atoms with Crippen LogP contribution in [0.25, 0.3) is 5.69 Å². The Morgan fingerprint density at radius 1 is 1.14 bits per heavy atom. The van der Waals surface area contributed by atoms with E-state index in [1.54, 1.807) is 12.1 Å². The van der Waals surface area contributed by atoms with Crippen molar-refractivity contribution >= 4 is 42.5 Å². The Kier molecular flexibility index (Phi) is 13.5. The summed E-state index contributed by atoms with van der Waals surface area (Å²) in [4.78, 5) is 43.6. The van der Waals surface area contributed by atoms with Crippen LogP contribution in [0.5, 0.6) is 0 Å². The SMILES string of the molecule is CCCCN1C(=O)[C@H](CC(C)C)NC(=O)C12CCN(Cc1c(C)nn(-c3ccc(C(=O)NCCO)cc3)c1C)CC2.Cl.Cl. The minimum Gasteiger partial charge on any atom is -0.395 e. The molecule has 0 bridgehead atoms. The maximum atomic E-state index is 13.6. The quantitative estimate of drug-likeness (QED) is 0.346. The van der Waals surface area contributed by atoms with Crippen LogP contribution in [0.4, 0.5) is 0 Å². The predicted molar refractivity (Wildman–Crippen MR) is 172 cm³/mol. The molecule has 1 aromatic carbocycles. The number of aromatic nitrogens is 2. The molecule has 1 aromatic heterocycles. The molecule has 0 unspecified atom stereocenters. The third kappa shape index (κ3) is 7.90. The van der Waals surface area contributed by atoms with Gasteiger partial charge in [0.2, 0.25) is 11.8 Å². The summed E-state index contributed by atoms with van der Waals surface area (Å²) in [5.41, 5.74) is 3.75. The van der Waals surface area contributed by atoms with E-state index in [-0.39, 0.29) is 55.7 Å². The fourth-order valence-electron chi connectivity index (χ4n) is 6.13. The first-order valence-electron chi connectivity index (χ1n) is 15.0. The number of aryl methyl sites for hydroxylation is 1. The number of nitrogens with one attached hydrogen (secondary N) is 2. The summed E-state index contributed by atoms with van der Waals surface area (Å²) in [6, 6.07) is 6.84. The number of amides is 3. The number of benzene rings is 1. The molecule has 240 valence electrons. The Hall–Kier alpha value is -2.66. The van der Waals surface area contributed by atoms with Crippen molar-refractivity contribution in [3.63, 3.8) is 0 Å². The van der Waals surface area contributed by atoms with Gasteiger partial charge in [-0.15, -0.1) is 24.8 Å². The number of nitrogens with zero attached hydrogens (tertiary/aromatic N) is 4. The lowest BCUT2D eigenvalue weighted by Crippen LogP contribution is -2.73. The Morgan fingerprint density at radius 2 is 1.79 bits per heavy atom. The molecule has 3 heterocycles. The smallest absolute Gasteiger partial charge is 0.251 e. The van der Waals surface area contributed by atoms with E-state index in [4.69, 9.17) is 10.2 Å². The van der Waals surface area contributed by atoms with Gasteiger partial charge in [0, 0.05) is 49.5 Å². The van der Waals surface area contributed by atoms with E-state index < -0.39 is 11.6 Å². The number of piperazine rings is 1. The topological polar surface area (TPSA) is 120 Å². The van der Waals surface area contributed by atoms with Crippen LogP contribution in [0.15, 0.2) is 24.3 Å². The van der Waals surface area contributed by atoms with Crippen molar-refractivity contribution in [3.05, 3.63) is 46.8 Å². The highest BCUT2D eigenvalue weighted by atomic mass is 35.5. The number of aliphatic hydroxyl groups excluding tert-OH is 1. The second kappa shape index (κ2) is 15.9. The van der Waals surface area contributed by atoms with Gasteiger partial charge in [0.1, 0.15) is 11.6 Å². The molecule has 12 heteroatoms. The lowest BCUT2D eigenvalue weighted by atomic mass is 9.80. The Bertz CT molecular complexity index is 1240. The van der Waals surface area contributed by atoms with Gasteiger partial charge in [0.15, 0.2) is 0 Å². The maximum Gasteiger partial charge on any atom is 0.251 e. The molecular formula is C31H48Cl2N6O4. The summed E-state index contributed by atoms with van der Waals surface area (Å²) in [6.45, 7) is 13.3. The number of carbonyl (C=O) groups excluding carboxylic acids is 3. The standard InChI is InChI=1S/C31H46N6O4.2ClH/c1-6-7-15-36-29(40)27(19-21(2)3)33-30(41)31(36)12-16-35(17-13-31)20-26-22(4)34-37(23(26)5)25-10-8-24(9-11-25)28(39)32-14-18-38;;/h8-11,21,27,38H,6-7,12-20H2,1-5H3,(H,32,39)(H,33,41);2*1H/t27-;;/m0../s1. The van der Waals surface area contributed by atoms with Crippen LogP contribution in [-0.4, -0.2) is 86.8 Å². The van der Waals surface area contributed by atoms with Gasteiger partial charge in [-0.25, -0.2) is 4.68 Å². The van der Waals surface area contributed by atoms with Crippen molar-refractivity contribution in [1.82, 2.24) is 30.2 Å². The monoisotopic (exact) mass is 638 g/mol. The van der Waals surface area contributed by atoms with Crippen LogP contribution in [0.3, 0.4) is 0 Å². The molecule has 2 aromatic rings. The third-order valence-electron chi connectivity index (χ3n) is 8.53. The lowest BCUT2D eigenvalue weighted by molar-refractivity contribution is -0.161. The van der Waals surface area contributed by atoms with Crippen molar-refractivity contribution in [3.8, 4) is 5.69 Å². The Labute approximate surface area is 267 Å². The first-order valence-corrected chi connectivity index (χ1v) is 15.0. The zero-order valence-electron chi connectivity index (χ0n) is 26.0. The zero-order valence-corrected chi connectivity index (χ0v) is 27.7. The van der Waals surface area contributed by atoms with Gasteiger partial charge < -0.3 is 20.6 Å². The lowest BCUT2D eigenvalue weighted by Gasteiger charge is -2.52. The average molecular weight is 640 g/mol. The van der Waals surface area contributed by atoms with E-state index in [9.17, 15) is 14.4 Å². The van der Waals surface area contributed by atoms with E-state index in [0.29, 0.717) is 37.3 Å². The molecule has 3 N–H and O–H groups in total. The van der Waals surface area contributed by atoms with Gasteiger partial charge in [0.05, 0.1) is 18.0 Å². The first kappa shape index (κ1) is 36.5. The van der Waals surface area contributed by atoms with E-state index in [1.807, 2.05) is 28.6 Å². The van der Waals surface area contributed by atoms with Crippen molar-refractivity contribution in [2.45, 2.75) is 84.8 Å².